The van der Waals surface area contributed by atoms with Crippen LogP contribution >= 0.6 is 0 Å². The van der Waals surface area contributed by atoms with E-state index in [1.165, 1.54) is 5.56 Å². The van der Waals surface area contributed by atoms with E-state index in [2.05, 4.69) is 36.3 Å². The second-order valence-electron chi connectivity index (χ2n) is 6.15. The van der Waals surface area contributed by atoms with Crippen LogP contribution in [0.1, 0.15) is 36.6 Å². The molecule has 1 N–H and O–H groups in total. The van der Waals surface area contributed by atoms with Gasteiger partial charge in [-0.05, 0) is 42.2 Å². The Morgan fingerprint density at radius 2 is 2.00 bits per heavy atom. The molecular weight excluding hydrogens is 286 g/mol. The van der Waals surface area contributed by atoms with Gasteiger partial charge in [0.2, 0.25) is 0 Å². The number of fused-ring (bicyclic) bond motifs is 1. The second kappa shape index (κ2) is 6.24. The summed E-state index contributed by atoms with van der Waals surface area (Å²) in [6.07, 6.45) is 1.81. The van der Waals surface area contributed by atoms with Crippen LogP contribution in [0.3, 0.4) is 0 Å². The smallest absolute Gasteiger partial charge is 0.258 e. The number of aromatic nitrogens is 2. The van der Waals surface area contributed by atoms with Crippen LogP contribution in [0.2, 0.25) is 0 Å². The number of rotatable bonds is 4. The maximum atomic E-state index is 12.2. The number of hydrogen-bond acceptors (Lipinski definition) is 3. The van der Waals surface area contributed by atoms with Crippen molar-refractivity contribution in [1.82, 2.24) is 9.38 Å². The zero-order valence-corrected chi connectivity index (χ0v) is 13.7. The van der Waals surface area contributed by atoms with Gasteiger partial charge in [0.05, 0.1) is 12.2 Å². The fraction of sp³-hybridized carbons (Fsp3) is 0.263. The summed E-state index contributed by atoms with van der Waals surface area (Å²) in [4.78, 5) is 16.8. The van der Waals surface area contributed by atoms with Crippen molar-refractivity contribution in [2.75, 3.05) is 5.32 Å². The first-order chi connectivity index (χ1) is 11.0. The highest BCUT2D eigenvalue weighted by Gasteiger charge is 2.04. The summed E-state index contributed by atoms with van der Waals surface area (Å²) in [7, 11) is 0. The minimum atomic E-state index is -0.0496. The predicted octanol–water partition coefficient (Wildman–Crippen LogP) is 3.74. The van der Waals surface area contributed by atoms with Gasteiger partial charge in [-0.1, -0.05) is 32.0 Å². The molecule has 0 saturated carbocycles. The van der Waals surface area contributed by atoms with Crippen LogP contribution in [0.5, 0.6) is 0 Å². The zero-order chi connectivity index (χ0) is 16.4. The summed E-state index contributed by atoms with van der Waals surface area (Å²) in [6.45, 7) is 6.84. The first-order valence-electron chi connectivity index (χ1n) is 7.86. The Bertz CT molecular complexity index is 897. The summed E-state index contributed by atoms with van der Waals surface area (Å²) in [6, 6.07) is 13.8. The van der Waals surface area contributed by atoms with Crippen LogP contribution in [0.4, 0.5) is 5.69 Å². The zero-order valence-electron chi connectivity index (χ0n) is 13.7. The average Bonchev–Trinajstić information content (AvgIpc) is 2.54. The third kappa shape index (κ3) is 3.42. The van der Waals surface area contributed by atoms with Crippen molar-refractivity contribution in [3.63, 3.8) is 0 Å². The number of anilines is 1. The molecule has 0 bridgehead atoms. The third-order valence-corrected chi connectivity index (χ3v) is 3.89. The maximum absolute atomic E-state index is 12.2. The molecule has 0 aliphatic rings. The first-order valence-corrected chi connectivity index (χ1v) is 7.86. The molecule has 2 aromatic heterocycles. The number of benzene rings is 1. The SMILES string of the molecule is Cc1ccc2nc(CNc3cccc(C(C)C)c3)cc(=O)n2c1. The van der Waals surface area contributed by atoms with E-state index in [0.717, 1.165) is 16.9 Å². The monoisotopic (exact) mass is 307 g/mol. The largest absolute Gasteiger partial charge is 0.379 e. The Morgan fingerprint density at radius 3 is 2.78 bits per heavy atom. The molecule has 1 aromatic carbocycles. The Balaban J connectivity index is 1.83. The Hall–Kier alpha value is -2.62. The lowest BCUT2D eigenvalue weighted by atomic mass is 10.0. The van der Waals surface area contributed by atoms with Crippen LogP contribution < -0.4 is 10.9 Å². The minimum Gasteiger partial charge on any atom is -0.379 e. The molecule has 0 spiro atoms. The second-order valence-corrected chi connectivity index (χ2v) is 6.15. The van der Waals surface area contributed by atoms with Crippen molar-refractivity contribution >= 4 is 11.3 Å². The molecule has 0 aliphatic heterocycles. The van der Waals surface area contributed by atoms with Crippen LogP contribution in [0.25, 0.3) is 5.65 Å². The van der Waals surface area contributed by atoms with Gasteiger partial charge in [-0.15, -0.1) is 0 Å². The van der Waals surface area contributed by atoms with Gasteiger partial charge in [-0.3, -0.25) is 9.20 Å². The normalized spacial score (nSPS) is 11.1. The topological polar surface area (TPSA) is 46.4 Å². The molecule has 118 valence electrons. The van der Waals surface area contributed by atoms with Crippen LogP contribution in [0, 0.1) is 6.92 Å². The van der Waals surface area contributed by atoms with E-state index in [1.54, 1.807) is 10.5 Å². The summed E-state index contributed by atoms with van der Waals surface area (Å²) in [5.74, 6) is 0.489. The number of nitrogens with one attached hydrogen (secondary N) is 1. The maximum Gasteiger partial charge on any atom is 0.258 e. The molecule has 0 amide bonds. The average molecular weight is 307 g/mol. The number of pyridine rings is 1. The predicted molar refractivity (Wildman–Crippen MR) is 94.1 cm³/mol. The van der Waals surface area contributed by atoms with E-state index in [4.69, 9.17) is 0 Å². The molecule has 0 radical (unpaired) electrons. The van der Waals surface area contributed by atoms with Gasteiger partial charge in [-0.2, -0.15) is 0 Å². The third-order valence-electron chi connectivity index (χ3n) is 3.89. The molecule has 0 fully saturated rings. The van der Waals surface area contributed by atoms with Gasteiger partial charge in [0.25, 0.3) is 5.56 Å². The van der Waals surface area contributed by atoms with Crippen molar-refractivity contribution in [2.24, 2.45) is 0 Å². The van der Waals surface area contributed by atoms with E-state index < -0.39 is 0 Å². The number of hydrogen-bond donors (Lipinski definition) is 1. The Kier molecular flexibility index (Phi) is 4.15. The van der Waals surface area contributed by atoms with E-state index in [0.29, 0.717) is 18.1 Å². The van der Waals surface area contributed by atoms with Gasteiger partial charge in [0.15, 0.2) is 0 Å². The van der Waals surface area contributed by atoms with Gasteiger partial charge in [0.1, 0.15) is 5.65 Å². The molecule has 0 saturated heterocycles. The summed E-state index contributed by atoms with van der Waals surface area (Å²) < 4.78 is 1.58. The highest BCUT2D eigenvalue weighted by atomic mass is 16.1. The first kappa shape index (κ1) is 15.3. The van der Waals surface area contributed by atoms with Crippen LogP contribution in [0.15, 0.2) is 53.5 Å². The van der Waals surface area contributed by atoms with Gasteiger partial charge in [0, 0.05) is 18.0 Å². The molecule has 0 atom stereocenters. The highest BCUT2D eigenvalue weighted by molar-refractivity contribution is 5.47. The van der Waals surface area contributed by atoms with Crippen molar-refractivity contribution in [3.8, 4) is 0 Å². The summed E-state index contributed by atoms with van der Waals surface area (Å²) >= 11 is 0. The lowest BCUT2D eigenvalue weighted by Crippen LogP contribution is -2.17. The van der Waals surface area contributed by atoms with Crippen LogP contribution in [-0.4, -0.2) is 9.38 Å². The lowest BCUT2D eigenvalue weighted by molar-refractivity contribution is 0.866. The standard InChI is InChI=1S/C19H21N3O/c1-13(2)15-5-4-6-16(9-15)20-11-17-10-19(23)22-12-14(3)7-8-18(22)21-17/h4-10,12-13,20H,11H2,1-3H3. The quantitative estimate of drug-likeness (QED) is 0.798. The number of aryl methyl sites for hydroxylation is 1. The fourth-order valence-electron chi connectivity index (χ4n) is 2.55. The lowest BCUT2D eigenvalue weighted by Gasteiger charge is -2.10. The molecule has 4 nitrogen and oxygen atoms in total. The molecule has 3 rings (SSSR count). The van der Waals surface area contributed by atoms with E-state index in [1.807, 2.05) is 37.4 Å². The molecule has 3 aromatic rings. The molecule has 2 heterocycles. The van der Waals surface area contributed by atoms with E-state index in [-0.39, 0.29) is 5.56 Å². The Labute approximate surface area is 135 Å². The molecular formula is C19H21N3O. The van der Waals surface area contributed by atoms with Crippen molar-refractivity contribution in [3.05, 3.63) is 75.8 Å². The summed E-state index contributed by atoms with van der Waals surface area (Å²) in [5, 5.41) is 3.35. The molecule has 23 heavy (non-hydrogen) atoms. The molecule has 0 aliphatic carbocycles. The Morgan fingerprint density at radius 1 is 1.17 bits per heavy atom. The van der Waals surface area contributed by atoms with E-state index >= 15 is 0 Å². The van der Waals surface area contributed by atoms with Crippen molar-refractivity contribution in [2.45, 2.75) is 33.2 Å². The highest BCUT2D eigenvalue weighted by Crippen LogP contribution is 2.18. The van der Waals surface area contributed by atoms with Gasteiger partial charge < -0.3 is 5.32 Å². The van der Waals surface area contributed by atoms with Gasteiger partial charge >= 0.3 is 0 Å². The molecule has 0 unspecified atom stereocenters. The fourth-order valence-corrected chi connectivity index (χ4v) is 2.55. The summed E-state index contributed by atoms with van der Waals surface area (Å²) in [5.41, 5.74) is 4.74. The van der Waals surface area contributed by atoms with Crippen LogP contribution in [-0.2, 0) is 6.54 Å². The van der Waals surface area contributed by atoms with Gasteiger partial charge in [-0.25, -0.2) is 4.98 Å². The minimum absolute atomic E-state index is 0.0496. The van der Waals surface area contributed by atoms with Crippen molar-refractivity contribution < 1.29 is 0 Å². The van der Waals surface area contributed by atoms with E-state index in [9.17, 15) is 4.79 Å². The van der Waals surface area contributed by atoms with Crippen molar-refractivity contribution in [1.29, 1.82) is 0 Å². The number of nitrogens with zero attached hydrogens (tertiary/aromatic N) is 2. The molecule has 4 heteroatoms.